The van der Waals surface area contributed by atoms with Crippen molar-refractivity contribution in [3.63, 3.8) is 0 Å². The van der Waals surface area contributed by atoms with E-state index in [-0.39, 0.29) is 0 Å². The van der Waals surface area contributed by atoms with Gasteiger partial charge in [0.15, 0.2) is 0 Å². The van der Waals surface area contributed by atoms with Crippen LogP contribution < -0.4 is 5.32 Å². The molecule has 0 fully saturated rings. The molecule has 2 aromatic heterocycles. The van der Waals surface area contributed by atoms with E-state index in [4.69, 9.17) is 0 Å². The standard InChI is InChI=1S/C10H15N7/c1-3-7-8(4-2)15-17-10(14-7)11-5-9-12-6-13-16-9/h6H,3-5H2,1-2H3,(H,11,14,17)(H,12,13,16). The lowest BCUT2D eigenvalue weighted by molar-refractivity contribution is 0.814. The van der Waals surface area contributed by atoms with Crippen LogP contribution in [0.25, 0.3) is 0 Å². The lowest BCUT2D eigenvalue weighted by atomic mass is 10.2. The van der Waals surface area contributed by atoms with Gasteiger partial charge in [0.05, 0.1) is 17.9 Å². The highest BCUT2D eigenvalue weighted by atomic mass is 15.3. The maximum Gasteiger partial charge on any atom is 0.243 e. The van der Waals surface area contributed by atoms with Crippen LogP contribution in [0.5, 0.6) is 0 Å². The SMILES string of the molecule is CCc1nnc(NCc2ncn[nH]2)nc1CC. The minimum atomic E-state index is 0.510. The number of aromatic amines is 1. The minimum absolute atomic E-state index is 0.510. The number of nitrogens with one attached hydrogen (secondary N) is 2. The molecule has 90 valence electrons. The maximum absolute atomic E-state index is 4.41. The van der Waals surface area contributed by atoms with Gasteiger partial charge in [0.1, 0.15) is 12.2 Å². The molecule has 0 aromatic carbocycles. The van der Waals surface area contributed by atoms with Gasteiger partial charge in [-0.1, -0.05) is 13.8 Å². The molecule has 0 aliphatic rings. The third-order valence-electron chi connectivity index (χ3n) is 2.39. The Balaban J connectivity index is 2.06. The van der Waals surface area contributed by atoms with E-state index >= 15 is 0 Å². The number of hydrogen-bond acceptors (Lipinski definition) is 6. The summed E-state index contributed by atoms with van der Waals surface area (Å²) in [5, 5.41) is 17.7. The summed E-state index contributed by atoms with van der Waals surface area (Å²) >= 11 is 0. The van der Waals surface area contributed by atoms with Crippen LogP contribution in [0, 0.1) is 0 Å². The van der Waals surface area contributed by atoms with Crippen molar-refractivity contribution in [1.82, 2.24) is 30.4 Å². The van der Waals surface area contributed by atoms with Gasteiger partial charge >= 0.3 is 0 Å². The Kier molecular flexibility index (Phi) is 3.59. The Morgan fingerprint density at radius 3 is 2.65 bits per heavy atom. The van der Waals surface area contributed by atoms with Crippen LogP contribution in [0.4, 0.5) is 5.95 Å². The van der Waals surface area contributed by atoms with Crippen molar-refractivity contribution < 1.29 is 0 Å². The van der Waals surface area contributed by atoms with Gasteiger partial charge in [-0.3, -0.25) is 5.10 Å². The van der Waals surface area contributed by atoms with E-state index in [9.17, 15) is 0 Å². The molecule has 0 aliphatic carbocycles. The molecule has 0 atom stereocenters. The quantitative estimate of drug-likeness (QED) is 0.790. The molecule has 0 saturated heterocycles. The van der Waals surface area contributed by atoms with Crippen LogP contribution in [-0.4, -0.2) is 30.4 Å². The topological polar surface area (TPSA) is 92.3 Å². The number of nitrogens with zero attached hydrogens (tertiary/aromatic N) is 5. The van der Waals surface area contributed by atoms with E-state index in [1.807, 2.05) is 6.92 Å². The number of aromatic nitrogens is 6. The molecule has 0 spiro atoms. The Bertz CT molecular complexity index is 466. The van der Waals surface area contributed by atoms with Gasteiger partial charge in [-0.25, -0.2) is 9.97 Å². The van der Waals surface area contributed by atoms with Crippen LogP contribution >= 0.6 is 0 Å². The summed E-state index contributed by atoms with van der Waals surface area (Å²) in [5.74, 6) is 1.27. The molecule has 0 aliphatic heterocycles. The van der Waals surface area contributed by atoms with E-state index in [1.54, 1.807) is 0 Å². The van der Waals surface area contributed by atoms with Crippen molar-refractivity contribution in [2.45, 2.75) is 33.2 Å². The second kappa shape index (κ2) is 5.33. The summed E-state index contributed by atoms with van der Waals surface area (Å²) < 4.78 is 0. The maximum atomic E-state index is 4.41. The van der Waals surface area contributed by atoms with Crippen LogP contribution in [0.15, 0.2) is 6.33 Å². The Morgan fingerprint density at radius 2 is 2.00 bits per heavy atom. The van der Waals surface area contributed by atoms with Gasteiger partial charge < -0.3 is 5.32 Å². The molecule has 0 bridgehead atoms. The normalized spacial score (nSPS) is 10.5. The van der Waals surface area contributed by atoms with Crippen molar-refractivity contribution in [1.29, 1.82) is 0 Å². The number of hydrogen-bond donors (Lipinski definition) is 2. The molecule has 17 heavy (non-hydrogen) atoms. The van der Waals surface area contributed by atoms with Gasteiger partial charge in [0.25, 0.3) is 0 Å². The Hall–Kier alpha value is -2.05. The predicted molar refractivity (Wildman–Crippen MR) is 62.3 cm³/mol. The summed E-state index contributed by atoms with van der Waals surface area (Å²) in [6.07, 6.45) is 3.18. The highest BCUT2D eigenvalue weighted by Crippen LogP contribution is 2.07. The van der Waals surface area contributed by atoms with Crippen LogP contribution in [0.1, 0.15) is 31.1 Å². The van der Waals surface area contributed by atoms with Crippen LogP contribution in [0.2, 0.25) is 0 Å². The number of rotatable bonds is 5. The first kappa shape index (κ1) is 11.4. The fourth-order valence-corrected chi connectivity index (χ4v) is 1.49. The van der Waals surface area contributed by atoms with E-state index in [0.29, 0.717) is 12.5 Å². The largest absolute Gasteiger partial charge is 0.346 e. The molecule has 2 aromatic rings. The second-order valence-electron chi connectivity index (χ2n) is 3.52. The molecule has 2 N–H and O–H groups in total. The smallest absolute Gasteiger partial charge is 0.243 e. The summed E-state index contributed by atoms with van der Waals surface area (Å²) in [7, 11) is 0. The minimum Gasteiger partial charge on any atom is -0.346 e. The van der Waals surface area contributed by atoms with Crippen LogP contribution in [0.3, 0.4) is 0 Å². The van der Waals surface area contributed by atoms with Crippen molar-refractivity contribution in [3.05, 3.63) is 23.5 Å². The molecule has 0 saturated carbocycles. The first-order valence-corrected chi connectivity index (χ1v) is 5.64. The van der Waals surface area contributed by atoms with E-state index in [1.165, 1.54) is 6.33 Å². The average Bonchev–Trinajstić information content (AvgIpc) is 2.89. The van der Waals surface area contributed by atoms with E-state index in [0.717, 1.165) is 30.1 Å². The number of aryl methyl sites for hydroxylation is 2. The van der Waals surface area contributed by atoms with Gasteiger partial charge in [-0.05, 0) is 12.8 Å². The molecular formula is C10H15N7. The first-order valence-electron chi connectivity index (χ1n) is 5.64. The highest BCUT2D eigenvalue weighted by Gasteiger charge is 2.06. The molecule has 0 radical (unpaired) electrons. The first-order chi connectivity index (χ1) is 8.33. The zero-order valence-corrected chi connectivity index (χ0v) is 9.93. The third-order valence-corrected chi connectivity index (χ3v) is 2.39. The number of H-pyrrole nitrogens is 1. The Labute approximate surface area is 99.1 Å². The van der Waals surface area contributed by atoms with E-state index in [2.05, 4.69) is 42.6 Å². The zero-order chi connectivity index (χ0) is 12.1. The fourth-order valence-electron chi connectivity index (χ4n) is 1.49. The van der Waals surface area contributed by atoms with Gasteiger partial charge in [-0.15, -0.1) is 5.10 Å². The molecule has 2 heterocycles. The monoisotopic (exact) mass is 233 g/mol. The molecule has 7 heteroatoms. The number of anilines is 1. The zero-order valence-electron chi connectivity index (χ0n) is 9.93. The average molecular weight is 233 g/mol. The summed E-state index contributed by atoms with van der Waals surface area (Å²) in [6, 6.07) is 0. The molecular weight excluding hydrogens is 218 g/mol. The summed E-state index contributed by atoms with van der Waals surface area (Å²) in [4.78, 5) is 8.42. The molecule has 0 unspecified atom stereocenters. The van der Waals surface area contributed by atoms with E-state index < -0.39 is 0 Å². The molecule has 0 amide bonds. The fraction of sp³-hybridized carbons (Fsp3) is 0.500. The summed E-state index contributed by atoms with van der Waals surface area (Å²) in [5.41, 5.74) is 1.94. The van der Waals surface area contributed by atoms with Crippen molar-refractivity contribution in [2.75, 3.05) is 5.32 Å². The second-order valence-corrected chi connectivity index (χ2v) is 3.52. The lowest BCUT2D eigenvalue weighted by Gasteiger charge is -2.06. The van der Waals surface area contributed by atoms with Crippen LogP contribution in [-0.2, 0) is 19.4 Å². The van der Waals surface area contributed by atoms with Crippen molar-refractivity contribution in [3.8, 4) is 0 Å². The predicted octanol–water partition coefficient (Wildman–Crippen LogP) is 0.727. The van der Waals surface area contributed by atoms with Crippen molar-refractivity contribution in [2.24, 2.45) is 0 Å². The Morgan fingerprint density at radius 1 is 1.18 bits per heavy atom. The summed E-state index contributed by atoms with van der Waals surface area (Å²) in [6.45, 7) is 4.62. The molecule has 7 nitrogen and oxygen atoms in total. The highest BCUT2D eigenvalue weighted by molar-refractivity contribution is 5.25. The van der Waals surface area contributed by atoms with Gasteiger partial charge in [0, 0.05) is 0 Å². The van der Waals surface area contributed by atoms with Gasteiger partial charge in [0.2, 0.25) is 5.95 Å². The van der Waals surface area contributed by atoms with Gasteiger partial charge in [-0.2, -0.15) is 10.2 Å². The van der Waals surface area contributed by atoms with Crippen molar-refractivity contribution >= 4 is 5.95 Å². The lowest BCUT2D eigenvalue weighted by Crippen LogP contribution is -2.10. The third kappa shape index (κ3) is 2.74. The molecule has 2 rings (SSSR count).